The molecule has 20 heavy (non-hydrogen) atoms. The van der Waals surface area contributed by atoms with E-state index in [9.17, 15) is 28.1 Å². The number of carbonyl (C=O) groups is 1. The lowest BCUT2D eigenvalue weighted by Crippen LogP contribution is -2.21. The Morgan fingerprint density at radius 1 is 1.55 bits per heavy atom. The van der Waals surface area contributed by atoms with E-state index >= 15 is 0 Å². The van der Waals surface area contributed by atoms with Gasteiger partial charge in [0.25, 0.3) is 0 Å². The van der Waals surface area contributed by atoms with E-state index in [2.05, 4.69) is 14.5 Å². The topological polar surface area (TPSA) is 91.6 Å². The number of nitro groups is 1. The van der Waals surface area contributed by atoms with Crippen molar-refractivity contribution in [3.63, 3.8) is 0 Å². The summed E-state index contributed by atoms with van der Waals surface area (Å²) in [6, 6.07) is 0.700. The van der Waals surface area contributed by atoms with E-state index in [0.717, 1.165) is 0 Å². The second-order valence-corrected chi connectivity index (χ2v) is 4.33. The van der Waals surface area contributed by atoms with E-state index < -0.39 is 34.5 Å². The summed E-state index contributed by atoms with van der Waals surface area (Å²) < 4.78 is 44.6. The van der Waals surface area contributed by atoms with Gasteiger partial charge in [-0.25, -0.2) is 4.79 Å². The molecule has 0 unspecified atom stereocenters. The van der Waals surface area contributed by atoms with E-state index in [1.165, 1.54) is 29.5 Å². The highest BCUT2D eigenvalue weighted by Crippen LogP contribution is 2.31. The van der Waals surface area contributed by atoms with Gasteiger partial charge >= 0.3 is 23.8 Å². The van der Waals surface area contributed by atoms with Gasteiger partial charge in [-0.2, -0.15) is 0 Å². The van der Waals surface area contributed by atoms with Crippen LogP contribution in [0, 0.1) is 13.7 Å². The summed E-state index contributed by atoms with van der Waals surface area (Å²) in [4.78, 5) is 24.5. The molecule has 7 nitrogen and oxygen atoms in total. The molecule has 0 saturated carbocycles. The van der Waals surface area contributed by atoms with Crippen LogP contribution in [0.25, 0.3) is 0 Å². The number of hydrogen-bond acceptors (Lipinski definition) is 6. The smallest absolute Gasteiger partial charge is 0.460 e. The molecule has 0 aliphatic heterocycles. The largest absolute Gasteiger partial charge is 0.573 e. The van der Waals surface area contributed by atoms with Crippen LogP contribution in [0.1, 0.15) is 17.4 Å². The summed E-state index contributed by atoms with van der Waals surface area (Å²) in [6.45, 7) is 1.29. The first-order valence-corrected chi connectivity index (χ1v) is 6.01. The molecule has 0 aromatic carbocycles. The molecule has 0 aliphatic carbocycles. The Labute approximate surface area is 123 Å². The van der Waals surface area contributed by atoms with Crippen LogP contribution in [0.4, 0.5) is 19.0 Å². The number of carbonyl (C=O) groups excluding carboxylic acids is 1. The molecule has 0 saturated heterocycles. The molecule has 1 rings (SSSR count). The second kappa shape index (κ2) is 6.19. The van der Waals surface area contributed by atoms with Gasteiger partial charge in [0.2, 0.25) is 0 Å². The Hall–Kier alpha value is -1.66. The molecule has 0 amide bonds. The Morgan fingerprint density at radius 2 is 2.15 bits per heavy atom. The van der Waals surface area contributed by atoms with Crippen molar-refractivity contribution in [2.45, 2.75) is 13.3 Å². The summed E-state index contributed by atoms with van der Waals surface area (Å²) in [5.74, 6) is -2.96. The van der Waals surface area contributed by atoms with E-state index in [4.69, 9.17) is 0 Å². The summed E-state index contributed by atoms with van der Waals surface area (Å²) in [7, 11) is 0. The summed E-state index contributed by atoms with van der Waals surface area (Å²) in [5, 5.41) is 10.7. The van der Waals surface area contributed by atoms with Crippen LogP contribution in [-0.4, -0.2) is 28.8 Å². The maximum Gasteiger partial charge on any atom is 0.573 e. The second-order valence-electron chi connectivity index (χ2n) is 3.17. The lowest BCUT2D eigenvalue weighted by atomic mass is 10.3. The van der Waals surface area contributed by atoms with E-state index in [0.29, 0.717) is 6.07 Å². The predicted molar refractivity (Wildman–Crippen MR) is 66.2 cm³/mol. The molecule has 0 N–H and O–H groups in total. The Balaban J connectivity index is 3.37. The monoisotopic (exact) mass is 406 g/mol. The Bertz CT molecular complexity index is 549. The SMILES string of the molecule is CCOC(=O)c1nc([N+](=O)[O-])c(I)cc1OC(F)(F)F. The van der Waals surface area contributed by atoms with Crippen molar-refractivity contribution in [1.29, 1.82) is 0 Å². The van der Waals surface area contributed by atoms with Crippen LogP contribution in [0.15, 0.2) is 6.07 Å². The highest BCUT2D eigenvalue weighted by atomic mass is 127. The number of esters is 1. The zero-order valence-corrected chi connectivity index (χ0v) is 11.9. The van der Waals surface area contributed by atoms with Crippen molar-refractivity contribution in [1.82, 2.24) is 4.98 Å². The van der Waals surface area contributed by atoms with Crippen LogP contribution >= 0.6 is 22.6 Å². The average molecular weight is 406 g/mol. The normalized spacial score (nSPS) is 11.1. The zero-order chi connectivity index (χ0) is 15.5. The van der Waals surface area contributed by atoms with Crippen LogP contribution in [-0.2, 0) is 4.74 Å². The molecule has 0 bridgehead atoms. The molecule has 1 aromatic rings. The fraction of sp³-hybridized carbons (Fsp3) is 0.333. The Morgan fingerprint density at radius 3 is 2.60 bits per heavy atom. The number of alkyl halides is 3. The number of pyridine rings is 1. The van der Waals surface area contributed by atoms with Crippen LogP contribution in [0.5, 0.6) is 5.75 Å². The highest BCUT2D eigenvalue weighted by Gasteiger charge is 2.37. The van der Waals surface area contributed by atoms with Gasteiger partial charge in [-0.05, 0) is 39.4 Å². The van der Waals surface area contributed by atoms with E-state index in [1.807, 2.05) is 0 Å². The van der Waals surface area contributed by atoms with Gasteiger partial charge in [-0.15, -0.1) is 13.2 Å². The van der Waals surface area contributed by atoms with Gasteiger partial charge in [0, 0.05) is 6.07 Å². The summed E-state index contributed by atoms with van der Waals surface area (Å²) in [6.07, 6.45) is -5.07. The molecule has 1 aromatic heterocycles. The molecule has 0 atom stereocenters. The first kappa shape index (κ1) is 16.4. The van der Waals surface area contributed by atoms with Crippen molar-refractivity contribution < 1.29 is 32.4 Å². The molecule has 0 fully saturated rings. The fourth-order valence-corrected chi connectivity index (χ4v) is 1.74. The quantitative estimate of drug-likeness (QED) is 0.331. The lowest BCUT2D eigenvalue weighted by Gasteiger charge is -2.10. The fourth-order valence-electron chi connectivity index (χ4n) is 1.14. The third-order valence-electron chi connectivity index (χ3n) is 1.79. The van der Waals surface area contributed by atoms with Gasteiger partial charge in [-0.1, -0.05) is 0 Å². The van der Waals surface area contributed by atoms with E-state index in [-0.39, 0.29) is 10.2 Å². The molecule has 0 spiro atoms. The average Bonchev–Trinajstić information content (AvgIpc) is 2.26. The van der Waals surface area contributed by atoms with E-state index in [1.54, 1.807) is 0 Å². The van der Waals surface area contributed by atoms with Gasteiger partial charge < -0.3 is 19.6 Å². The number of ether oxygens (including phenoxy) is 2. The number of halogens is 4. The number of aromatic nitrogens is 1. The number of nitrogens with zero attached hydrogens (tertiary/aromatic N) is 2. The number of rotatable bonds is 4. The maximum absolute atomic E-state index is 12.2. The van der Waals surface area contributed by atoms with Crippen LogP contribution in [0.3, 0.4) is 0 Å². The molecule has 0 radical (unpaired) electrons. The minimum absolute atomic E-state index is 0.133. The molecule has 0 aliphatic rings. The minimum atomic E-state index is -5.07. The van der Waals surface area contributed by atoms with Gasteiger partial charge in [0.1, 0.15) is 3.57 Å². The maximum atomic E-state index is 12.2. The van der Waals surface area contributed by atoms with Gasteiger partial charge in [0.05, 0.1) is 6.61 Å². The summed E-state index contributed by atoms with van der Waals surface area (Å²) >= 11 is 1.41. The standard InChI is InChI=1S/C9H6F3IN2O5/c1-2-19-8(16)6-5(20-9(10,11)12)3-4(13)7(14-6)15(17)18/h3H,2H2,1H3. The van der Waals surface area contributed by atoms with Gasteiger partial charge in [0.15, 0.2) is 5.75 Å². The van der Waals surface area contributed by atoms with Gasteiger partial charge in [-0.3, -0.25) is 0 Å². The molecule has 110 valence electrons. The Kier molecular flexibility index (Phi) is 5.08. The first-order chi connectivity index (χ1) is 9.15. The lowest BCUT2D eigenvalue weighted by molar-refractivity contribution is -0.390. The molecule has 1 heterocycles. The molecular formula is C9H6F3IN2O5. The first-order valence-electron chi connectivity index (χ1n) is 4.93. The van der Waals surface area contributed by atoms with Crippen LogP contribution in [0.2, 0.25) is 0 Å². The van der Waals surface area contributed by atoms with Crippen molar-refractivity contribution >= 4 is 34.4 Å². The zero-order valence-electron chi connectivity index (χ0n) is 9.73. The van der Waals surface area contributed by atoms with Crippen molar-refractivity contribution in [2.24, 2.45) is 0 Å². The minimum Gasteiger partial charge on any atom is -0.460 e. The highest BCUT2D eigenvalue weighted by molar-refractivity contribution is 14.1. The third kappa shape index (κ3) is 4.18. The molecule has 11 heteroatoms. The van der Waals surface area contributed by atoms with Crippen molar-refractivity contribution in [3.05, 3.63) is 25.4 Å². The third-order valence-corrected chi connectivity index (χ3v) is 2.58. The number of hydrogen-bond donors (Lipinski definition) is 0. The molecular weight excluding hydrogens is 400 g/mol. The summed E-state index contributed by atoms with van der Waals surface area (Å²) in [5.41, 5.74) is -0.906. The van der Waals surface area contributed by atoms with Crippen molar-refractivity contribution in [2.75, 3.05) is 6.61 Å². The van der Waals surface area contributed by atoms with Crippen LogP contribution < -0.4 is 4.74 Å². The van der Waals surface area contributed by atoms with Crippen molar-refractivity contribution in [3.8, 4) is 5.75 Å². The predicted octanol–water partition coefficient (Wildman–Crippen LogP) is 2.67.